The predicted octanol–water partition coefficient (Wildman–Crippen LogP) is 1.69. The first-order chi connectivity index (χ1) is 8.16. The maximum absolute atomic E-state index is 11.8. The van der Waals surface area contributed by atoms with Crippen molar-refractivity contribution in [3.8, 4) is 0 Å². The van der Waals surface area contributed by atoms with Gasteiger partial charge in [-0.05, 0) is 24.6 Å². The van der Waals surface area contributed by atoms with Crippen LogP contribution in [0.4, 0.5) is 5.69 Å². The molecule has 1 heterocycles. The molecule has 92 valence electrons. The van der Waals surface area contributed by atoms with Crippen LogP contribution in [0, 0.1) is 5.92 Å². The van der Waals surface area contributed by atoms with Crippen molar-refractivity contribution < 1.29 is 9.53 Å². The molecule has 0 spiro atoms. The molecule has 0 aliphatic carbocycles. The Balaban J connectivity index is 1.92. The van der Waals surface area contributed by atoms with Gasteiger partial charge in [0.05, 0.1) is 17.3 Å². The molecular formula is C12H15ClN2O2. The lowest BCUT2D eigenvalue weighted by atomic mass is 10.1. The van der Waals surface area contributed by atoms with Crippen molar-refractivity contribution in [1.82, 2.24) is 5.32 Å². The number of halogens is 1. The lowest BCUT2D eigenvalue weighted by molar-refractivity contribution is 0.0945. The monoisotopic (exact) mass is 254 g/mol. The highest BCUT2D eigenvalue weighted by Gasteiger charge is 2.16. The van der Waals surface area contributed by atoms with Crippen molar-refractivity contribution in [1.29, 1.82) is 0 Å². The maximum Gasteiger partial charge on any atom is 0.251 e. The van der Waals surface area contributed by atoms with E-state index < -0.39 is 0 Å². The Morgan fingerprint density at radius 3 is 3.06 bits per heavy atom. The first-order valence-corrected chi connectivity index (χ1v) is 5.95. The van der Waals surface area contributed by atoms with Gasteiger partial charge >= 0.3 is 0 Å². The Hall–Kier alpha value is -1.26. The van der Waals surface area contributed by atoms with Crippen LogP contribution in [0.5, 0.6) is 0 Å². The fraction of sp³-hybridized carbons (Fsp3) is 0.417. The normalized spacial score (nSPS) is 19.2. The third-order valence-electron chi connectivity index (χ3n) is 2.83. The molecule has 1 fully saturated rings. The number of anilines is 1. The number of benzene rings is 1. The third kappa shape index (κ3) is 3.11. The summed E-state index contributed by atoms with van der Waals surface area (Å²) in [5.74, 6) is 0.295. The van der Waals surface area contributed by atoms with E-state index in [0.29, 0.717) is 28.7 Å². The van der Waals surface area contributed by atoms with Crippen molar-refractivity contribution in [2.75, 3.05) is 25.5 Å². The van der Waals surface area contributed by atoms with Crippen molar-refractivity contribution >= 4 is 23.2 Å². The average Bonchev–Trinajstić information content (AvgIpc) is 2.82. The smallest absolute Gasteiger partial charge is 0.251 e. The highest BCUT2D eigenvalue weighted by atomic mass is 35.5. The minimum absolute atomic E-state index is 0.125. The molecule has 1 amide bonds. The van der Waals surface area contributed by atoms with Crippen LogP contribution in [-0.4, -0.2) is 25.7 Å². The fourth-order valence-electron chi connectivity index (χ4n) is 1.77. The van der Waals surface area contributed by atoms with Crippen molar-refractivity contribution in [3.05, 3.63) is 28.8 Å². The van der Waals surface area contributed by atoms with E-state index in [4.69, 9.17) is 22.1 Å². The topological polar surface area (TPSA) is 64.4 Å². The van der Waals surface area contributed by atoms with Gasteiger partial charge < -0.3 is 15.8 Å². The molecule has 1 aliphatic heterocycles. The first-order valence-electron chi connectivity index (χ1n) is 5.58. The molecular weight excluding hydrogens is 240 g/mol. The molecule has 0 bridgehead atoms. The standard InChI is InChI=1S/C12H15ClN2O2/c13-10-2-1-9(5-11(10)14)12(16)15-6-8-3-4-17-7-8/h1-2,5,8H,3-4,6-7,14H2,(H,15,16). The van der Waals surface area contributed by atoms with E-state index in [9.17, 15) is 4.79 Å². The molecule has 1 atom stereocenters. The van der Waals surface area contributed by atoms with Gasteiger partial charge in [0.15, 0.2) is 0 Å². The Morgan fingerprint density at radius 1 is 1.59 bits per heavy atom. The van der Waals surface area contributed by atoms with E-state index in [0.717, 1.165) is 19.6 Å². The number of hydrogen-bond acceptors (Lipinski definition) is 3. The molecule has 3 N–H and O–H groups in total. The summed E-state index contributed by atoms with van der Waals surface area (Å²) in [6.07, 6.45) is 1.00. The molecule has 1 aliphatic rings. The van der Waals surface area contributed by atoms with E-state index in [2.05, 4.69) is 5.32 Å². The predicted molar refractivity (Wildman–Crippen MR) is 67.1 cm³/mol. The van der Waals surface area contributed by atoms with Crippen LogP contribution in [0.25, 0.3) is 0 Å². The van der Waals surface area contributed by atoms with Gasteiger partial charge in [0.25, 0.3) is 5.91 Å². The largest absolute Gasteiger partial charge is 0.398 e. The summed E-state index contributed by atoms with van der Waals surface area (Å²) >= 11 is 5.79. The Labute approximate surface area is 105 Å². The third-order valence-corrected chi connectivity index (χ3v) is 3.18. The highest BCUT2D eigenvalue weighted by molar-refractivity contribution is 6.33. The summed E-state index contributed by atoms with van der Waals surface area (Å²) in [4.78, 5) is 11.8. The van der Waals surface area contributed by atoms with Crippen LogP contribution in [0.15, 0.2) is 18.2 Å². The minimum atomic E-state index is -0.125. The van der Waals surface area contributed by atoms with Crippen LogP contribution < -0.4 is 11.1 Å². The number of nitrogens with two attached hydrogens (primary N) is 1. The summed E-state index contributed by atoms with van der Waals surface area (Å²) in [6.45, 7) is 2.15. The molecule has 1 unspecified atom stereocenters. The number of nitrogens with one attached hydrogen (secondary N) is 1. The van der Waals surface area contributed by atoms with E-state index in [-0.39, 0.29) is 5.91 Å². The number of carbonyl (C=O) groups excluding carboxylic acids is 1. The summed E-state index contributed by atoms with van der Waals surface area (Å²) in [6, 6.07) is 4.88. The number of ether oxygens (including phenoxy) is 1. The second-order valence-electron chi connectivity index (χ2n) is 4.18. The quantitative estimate of drug-likeness (QED) is 0.807. The van der Waals surface area contributed by atoms with Crippen LogP contribution >= 0.6 is 11.6 Å². The van der Waals surface area contributed by atoms with Crippen molar-refractivity contribution in [3.63, 3.8) is 0 Å². The zero-order valence-corrected chi connectivity index (χ0v) is 10.2. The molecule has 0 saturated carbocycles. The van der Waals surface area contributed by atoms with Gasteiger partial charge in [0.1, 0.15) is 0 Å². The highest BCUT2D eigenvalue weighted by Crippen LogP contribution is 2.19. The van der Waals surface area contributed by atoms with Gasteiger partial charge in [0.2, 0.25) is 0 Å². The summed E-state index contributed by atoms with van der Waals surface area (Å²) < 4.78 is 5.24. The number of nitrogen functional groups attached to an aromatic ring is 1. The second-order valence-corrected chi connectivity index (χ2v) is 4.58. The van der Waals surface area contributed by atoms with E-state index in [1.165, 1.54) is 0 Å². The average molecular weight is 255 g/mol. The van der Waals surface area contributed by atoms with Gasteiger partial charge in [-0.2, -0.15) is 0 Å². The van der Waals surface area contributed by atoms with Crippen LogP contribution in [-0.2, 0) is 4.74 Å². The van der Waals surface area contributed by atoms with Crippen molar-refractivity contribution in [2.45, 2.75) is 6.42 Å². The van der Waals surface area contributed by atoms with Crippen LogP contribution in [0.3, 0.4) is 0 Å². The molecule has 5 heteroatoms. The number of rotatable bonds is 3. The summed E-state index contributed by atoms with van der Waals surface area (Å²) in [7, 11) is 0. The Bertz CT molecular complexity index is 417. The molecule has 0 aromatic heterocycles. The molecule has 2 rings (SSSR count). The summed E-state index contributed by atoms with van der Waals surface area (Å²) in [5, 5.41) is 3.33. The minimum Gasteiger partial charge on any atom is -0.398 e. The number of carbonyl (C=O) groups is 1. The van der Waals surface area contributed by atoms with Gasteiger partial charge in [-0.15, -0.1) is 0 Å². The lowest BCUT2D eigenvalue weighted by Gasteiger charge is -2.10. The second kappa shape index (κ2) is 5.38. The van der Waals surface area contributed by atoms with Gasteiger partial charge in [-0.1, -0.05) is 11.6 Å². The van der Waals surface area contributed by atoms with Crippen LogP contribution in [0.2, 0.25) is 5.02 Å². The van der Waals surface area contributed by atoms with Gasteiger partial charge in [0, 0.05) is 24.6 Å². The maximum atomic E-state index is 11.8. The molecule has 1 aromatic rings. The molecule has 1 aromatic carbocycles. The van der Waals surface area contributed by atoms with E-state index in [1.54, 1.807) is 18.2 Å². The molecule has 1 saturated heterocycles. The summed E-state index contributed by atoms with van der Waals surface area (Å²) in [5.41, 5.74) is 6.60. The lowest BCUT2D eigenvalue weighted by Crippen LogP contribution is -2.29. The zero-order valence-electron chi connectivity index (χ0n) is 9.41. The Morgan fingerprint density at radius 2 is 2.41 bits per heavy atom. The Kier molecular flexibility index (Phi) is 3.86. The van der Waals surface area contributed by atoms with Gasteiger partial charge in [-0.3, -0.25) is 4.79 Å². The zero-order chi connectivity index (χ0) is 12.3. The van der Waals surface area contributed by atoms with Gasteiger partial charge in [-0.25, -0.2) is 0 Å². The van der Waals surface area contributed by atoms with E-state index >= 15 is 0 Å². The fourth-order valence-corrected chi connectivity index (χ4v) is 1.89. The van der Waals surface area contributed by atoms with Crippen LogP contribution in [0.1, 0.15) is 16.8 Å². The molecule has 0 radical (unpaired) electrons. The van der Waals surface area contributed by atoms with Crippen molar-refractivity contribution in [2.24, 2.45) is 5.92 Å². The van der Waals surface area contributed by atoms with E-state index in [1.807, 2.05) is 0 Å². The molecule has 17 heavy (non-hydrogen) atoms. The number of hydrogen-bond donors (Lipinski definition) is 2. The first kappa shape index (κ1) is 12.2. The SMILES string of the molecule is Nc1cc(C(=O)NCC2CCOC2)ccc1Cl. The molecule has 4 nitrogen and oxygen atoms in total. The number of amides is 1.